The monoisotopic (exact) mass is 196 g/mol. The molecule has 1 aromatic heterocycles. The third kappa shape index (κ3) is 1.46. The van der Waals surface area contributed by atoms with Gasteiger partial charge in [-0.15, -0.1) is 0 Å². The van der Waals surface area contributed by atoms with Crippen molar-refractivity contribution in [1.82, 2.24) is 10.3 Å². The van der Waals surface area contributed by atoms with Crippen LogP contribution in [0.4, 0.5) is 4.39 Å². The van der Waals surface area contributed by atoms with Gasteiger partial charge in [0.05, 0.1) is 0 Å². The van der Waals surface area contributed by atoms with E-state index >= 15 is 0 Å². The molecule has 0 aliphatic carbocycles. The molecule has 0 bridgehead atoms. The van der Waals surface area contributed by atoms with Gasteiger partial charge in [-0.05, 0) is 11.6 Å². The predicted octanol–water partition coefficient (Wildman–Crippen LogP) is 0.565. The van der Waals surface area contributed by atoms with Crippen molar-refractivity contribution in [3.05, 3.63) is 28.8 Å². The smallest absolute Gasteiger partial charge is 0.357 e. The number of nitrogens with one attached hydrogen (secondary N) is 1. The summed E-state index contributed by atoms with van der Waals surface area (Å²) in [4.78, 5) is 14.4. The second kappa shape index (κ2) is 3.34. The van der Waals surface area contributed by atoms with Crippen LogP contribution in [0.5, 0.6) is 0 Å². The summed E-state index contributed by atoms with van der Waals surface area (Å²) < 4.78 is 13.2. The lowest BCUT2D eigenvalue weighted by Crippen LogP contribution is -2.25. The molecular weight excluding hydrogens is 187 g/mol. The minimum atomic E-state index is -1.32. The van der Waals surface area contributed by atoms with Crippen LogP contribution in [0, 0.1) is 5.82 Å². The first-order valence-corrected chi connectivity index (χ1v) is 4.31. The summed E-state index contributed by atoms with van der Waals surface area (Å²) in [6.45, 7) is 1.31. The van der Waals surface area contributed by atoms with Crippen LogP contribution in [-0.2, 0) is 13.0 Å². The van der Waals surface area contributed by atoms with Crippen LogP contribution in [0.3, 0.4) is 0 Å². The quantitative estimate of drug-likeness (QED) is 0.689. The molecule has 14 heavy (non-hydrogen) atoms. The number of carboxylic acid groups (broad SMARTS) is 1. The molecule has 1 aliphatic heterocycles. The van der Waals surface area contributed by atoms with Crippen molar-refractivity contribution in [2.45, 2.75) is 13.0 Å². The van der Waals surface area contributed by atoms with Gasteiger partial charge >= 0.3 is 5.97 Å². The van der Waals surface area contributed by atoms with Crippen molar-refractivity contribution in [3.63, 3.8) is 0 Å². The van der Waals surface area contributed by atoms with Crippen LogP contribution in [0.15, 0.2) is 6.07 Å². The Morgan fingerprint density at radius 2 is 2.43 bits per heavy atom. The minimum absolute atomic E-state index is 0.481. The molecule has 0 fully saturated rings. The van der Waals surface area contributed by atoms with Crippen molar-refractivity contribution in [2.75, 3.05) is 6.54 Å². The van der Waals surface area contributed by atoms with Gasteiger partial charge in [0.15, 0.2) is 11.5 Å². The Labute approximate surface area is 79.8 Å². The lowest BCUT2D eigenvalue weighted by Gasteiger charge is -2.16. The van der Waals surface area contributed by atoms with Crippen molar-refractivity contribution in [3.8, 4) is 0 Å². The van der Waals surface area contributed by atoms with Crippen molar-refractivity contribution in [2.24, 2.45) is 0 Å². The van der Waals surface area contributed by atoms with E-state index in [4.69, 9.17) is 5.11 Å². The van der Waals surface area contributed by atoms with E-state index in [2.05, 4.69) is 10.3 Å². The SMILES string of the molecule is O=C(O)c1nc2c(cc1F)CNCC2. The number of rotatable bonds is 1. The summed E-state index contributed by atoms with van der Waals surface area (Å²) in [7, 11) is 0. The van der Waals surface area contributed by atoms with E-state index in [-0.39, 0.29) is 0 Å². The number of hydrogen-bond donors (Lipinski definition) is 2. The van der Waals surface area contributed by atoms with Crippen LogP contribution in [0.1, 0.15) is 21.7 Å². The molecule has 0 amide bonds. The first-order chi connectivity index (χ1) is 6.68. The summed E-state index contributed by atoms with van der Waals surface area (Å²) in [6, 6.07) is 1.25. The Hall–Kier alpha value is -1.49. The summed E-state index contributed by atoms with van der Waals surface area (Å²) in [5, 5.41) is 11.7. The fourth-order valence-electron chi connectivity index (χ4n) is 1.51. The Balaban J connectivity index is 2.50. The second-order valence-electron chi connectivity index (χ2n) is 3.16. The Morgan fingerprint density at radius 1 is 1.64 bits per heavy atom. The first kappa shape index (κ1) is 9.08. The van der Waals surface area contributed by atoms with Gasteiger partial charge in [-0.1, -0.05) is 0 Å². The maximum atomic E-state index is 13.2. The van der Waals surface area contributed by atoms with Crippen LogP contribution in [0.2, 0.25) is 0 Å². The molecular formula is C9H9FN2O2. The third-order valence-corrected chi connectivity index (χ3v) is 2.20. The lowest BCUT2D eigenvalue weighted by molar-refractivity contribution is 0.0684. The molecule has 2 heterocycles. The average molecular weight is 196 g/mol. The fraction of sp³-hybridized carbons (Fsp3) is 0.333. The molecule has 0 unspecified atom stereocenters. The van der Waals surface area contributed by atoms with Crippen LogP contribution in [0.25, 0.3) is 0 Å². The zero-order valence-corrected chi connectivity index (χ0v) is 7.38. The lowest BCUT2D eigenvalue weighted by atomic mass is 10.1. The van der Waals surface area contributed by atoms with Gasteiger partial charge in [-0.25, -0.2) is 14.2 Å². The number of aromatic carboxylic acids is 1. The molecule has 2 rings (SSSR count). The minimum Gasteiger partial charge on any atom is -0.476 e. The highest BCUT2D eigenvalue weighted by Gasteiger charge is 2.18. The molecule has 0 saturated carbocycles. The molecule has 0 atom stereocenters. The van der Waals surface area contributed by atoms with Crippen molar-refractivity contribution >= 4 is 5.97 Å². The second-order valence-corrected chi connectivity index (χ2v) is 3.16. The summed E-state index contributed by atoms with van der Waals surface area (Å²) in [6.07, 6.45) is 0.649. The molecule has 4 nitrogen and oxygen atoms in total. The van der Waals surface area contributed by atoms with Gasteiger partial charge in [-0.2, -0.15) is 0 Å². The predicted molar refractivity (Wildman–Crippen MR) is 46.6 cm³/mol. The van der Waals surface area contributed by atoms with E-state index in [1.165, 1.54) is 6.07 Å². The summed E-state index contributed by atoms with van der Waals surface area (Å²) >= 11 is 0. The molecule has 74 valence electrons. The largest absolute Gasteiger partial charge is 0.476 e. The number of hydrogen-bond acceptors (Lipinski definition) is 3. The number of halogens is 1. The molecule has 1 aromatic rings. The standard InChI is InChI=1S/C9H9FN2O2/c10-6-3-5-4-11-2-1-7(5)12-8(6)9(13)14/h3,11H,1-2,4H2,(H,13,14). The Morgan fingerprint density at radius 3 is 3.14 bits per heavy atom. The molecule has 1 aliphatic rings. The van der Waals surface area contributed by atoms with Gasteiger partial charge in [-0.3, -0.25) is 0 Å². The molecule has 5 heteroatoms. The van der Waals surface area contributed by atoms with E-state index in [0.29, 0.717) is 18.7 Å². The zero-order valence-electron chi connectivity index (χ0n) is 7.38. The first-order valence-electron chi connectivity index (χ1n) is 4.31. The van der Waals surface area contributed by atoms with Crippen molar-refractivity contribution < 1.29 is 14.3 Å². The molecule has 2 N–H and O–H groups in total. The molecule has 0 radical (unpaired) electrons. The number of pyridine rings is 1. The molecule has 0 saturated heterocycles. The fourth-order valence-corrected chi connectivity index (χ4v) is 1.51. The average Bonchev–Trinajstić information content (AvgIpc) is 2.16. The van der Waals surface area contributed by atoms with Crippen LogP contribution >= 0.6 is 0 Å². The highest BCUT2D eigenvalue weighted by atomic mass is 19.1. The van der Waals surface area contributed by atoms with Crippen LogP contribution in [-0.4, -0.2) is 22.6 Å². The van der Waals surface area contributed by atoms with Gasteiger partial charge in [0.25, 0.3) is 0 Å². The number of nitrogens with zero attached hydrogens (tertiary/aromatic N) is 1. The maximum Gasteiger partial charge on any atom is 0.357 e. The number of aromatic nitrogens is 1. The number of fused-ring (bicyclic) bond motifs is 1. The van der Waals surface area contributed by atoms with E-state index in [1.54, 1.807) is 0 Å². The van der Waals surface area contributed by atoms with E-state index in [1.807, 2.05) is 0 Å². The van der Waals surface area contributed by atoms with Gasteiger partial charge in [0.2, 0.25) is 0 Å². The van der Waals surface area contributed by atoms with Crippen LogP contribution < -0.4 is 5.32 Å². The van der Waals surface area contributed by atoms with E-state index in [0.717, 1.165) is 12.1 Å². The normalized spacial score (nSPS) is 14.9. The Kier molecular flexibility index (Phi) is 2.17. The zero-order chi connectivity index (χ0) is 10.1. The Bertz CT molecular complexity index is 393. The highest BCUT2D eigenvalue weighted by Crippen LogP contribution is 2.15. The van der Waals surface area contributed by atoms with Gasteiger partial charge in [0.1, 0.15) is 0 Å². The molecule has 0 aromatic carbocycles. The summed E-state index contributed by atoms with van der Waals surface area (Å²) in [5.41, 5.74) is 0.951. The topological polar surface area (TPSA) is 62.2 Å². The van der Waals surface area contributed by atoms with Gasteiger partial charge < -0.3 is 10.4 Å². The molecule has 0 spiro atoms. The van der Waals surface area contributed by atoms with E-state index in [9.17, 15) is 9.18 Å². The number of carbonyl (C=O) groups is 1. The number of carboxylic acids is 1. The highest BCUT2D eigenvalue weighted by molar-refractivity contribution is 5.85. The van der Waals surface area contributed by atoms with Crippen molar-refractivity contribution in [1.29, 1.82) is 0 Å². The summed E-state index contributed by atoms with van der Waals surface area (Å²) in [5.74, 6) is -2.08. The van der Waals surface area contributed by atoms with E-state index < -0.39 is 17.5 Å². The maximum absolute atomic E-state index is 13.2. The third-order valence-electron chi connectivity index (χ3n) is 2.20. The van der Waals surface area contributed by atoms with Gasteiger partial charge in [0, 0.05) is 25.2 Å².